The number of nitrogens with zero attached hydrogens (tertiary/aromatic N) is 1. The summed E-state index contributed by atoms with van der Waals surface area (Å²) in [4.78, 5) is 145. The van der Waals surface area contributed by atoms with Gasteiger partial charge in [0.2, 0.25) is 65.0 Å². The predicted molar refractivity (Wildman–Crippen MR) is 254 cm³/mol. The number of carbonyl (C=O) groups excluding carboxylic acids is 11. The lowest BCUT2D eigenvalue weighted by atomic mass is 9.96. The van der Waals surface area contributed by atoms with Gasteiger partial charge >= 0.3 is 0 Å². The van der Waals surface area contributed by atoms with E-state index in [1.165, 1.54) is 17.0 Å². The lowest BCUT2D eigenvalue weighted by Gasteiger charge is -2.30. The largest absolute Gasteiger partial charge is 0.508 e. The van der Waals surface area contributed by atoms with Crippen molar-refractivity contribution in [1.82, 2.24) is 42.1 Å². The number of carbonyl (C=O) groups is 11. The van der Waals surface area contributed by atoms with Gasteiger partial charge in [0, 0.05) is 31.6 Å². The molecular formula is C43H67N11O12S2. The number of thiol groups is 2. The van der Waals surface area contributed by atoms with Crippen molar-refractivity contribution >= 4 is 90.2 Å². The van der Waals surface area contributed by atoms with Gasteiger partial charge in [0.05, 0.1) is 13.0 Å². The fourth-order valence-electron chi connectivity index (χ4n) is 7.13. The predicted octanol–water partition coefficient (Wildman–Crippen LogP) is -3.08. The van der Waals surface area contributed by atoms with Gasteiger partial charge in [-0.15, -0.1) is 0 Å². The summed E-state index contributed by atoms with van der Waals surface area (Å²) < 4.78 is 0. The Morgan fingerprint density at radius 1 is 0.706 bits per heavy atom. The monoisotopic (exact) mass is 993 g/mol. The van der Waals surface area contributed by atoms with Crippen molar-refractivity contribution in [2.75, 3.05) is 24.6 Å². The van der Waals surface area contributed by atoms with E-state index in [-0.39, 0.29) is 55.4 Å². The van der Waals surface area contributed by atoms with Gasteiger partial charge in [0.1, 0.15) is 48.0 Å². The van der Waals surface area contributed by atoms with Crippen LogP contribution < -0.4 is 54.4 Å². The Morgan fingerprint density at radius 3 is 1.87 bits per heavy atom. The molecule has 68 heavy (non-hydrogen) atoms. The summed E-state index contributed by atoms with van der Waals surface area (Å²) in [5.74, 6) is -9.80. The molecule has 1 aromatic rings. The Labute approximate surface area is 405 Å². The number of nitrogens with one attached hydrogen (secondary N) is 7. The molecule has 0 spiro atoms. The van der Waals surface area contributed by atoms with Crippen LogP contribution in [0, 0.1) is 11.8 Å². The SMILES string of the molecule is CC[C@H](C)[C@H](NC(=O)[C@H](Cc1ccc(O)cc1)NC(=O)CCS)C(=O)N[C@@H](CCC(N)=O)C(=O)N[C@@H](CC(N)=O)C(=O)N[C@@H](CS)C(=O)N1CCC[C@H]1C(=O)N[C@@H](CC(C)C)C(=O)NCC(N)=O. The van der Waals surface area contributed by atoms with Crippen LogP contribution in [0.3, 0.4) is 0 Å². The third kappa shape index (κ3) is 19.6. The van der Waals surface area contributed by atoms with Crippen molar-refractivity contribution in [3.05, 3.63) is 29.8 Å². The molecule has 0 saturated carbocycles. The molecule has 0 aromatic heterocycles. The van der Waals surface area contributed by atoms with E-state index >= 15 is 0 Å². The standard InChI is InChI=1S/C43H67N11O12S2/c1-5-23(4)36(53-40(63)28(48-35(59)14-16-67)18-24-8-10-25(55)11-9-24)42(65)49-26(12-13-32(44)56)38(61)50-29(19-33(45)57)39(62)52-30(21-68)43(66)54-15-6-7-31(54)41(64)51-27(17-22(2)3)37(60)47-20-34(46)58/h8-11,22-23,26-31,36,55,67-68H,5-7,12-21H2,1-4H3,(H2,44,56)(H2,45,57)(H2,46,58)(H,47,60)(H,48,59)(H,49,65)(H,50,61)(H,51,64)(H,52,62)(H,53,63)/t23-,26-,27-,28-,29-,30-,31-,36-/m0/s1. The molecule has 1 saturated heterocycles. The zero-order valence-electron chi connectivity index (χ0n) is 38.7. The first kappa shape index (κ1) is 58.0. The summed E-state index contributed by atoms with van der Waals surface area (Å²) in [6, 6.07) is -3.47. The summed E-state index contributed by atoms with van der Waals surface area (Å²) in [5.41, 5.74) is 16.6. The van der Waals surface area contributed by atoms with Gasteiger partial charge in [-0.3, -0.25) is 52.7 Å². The molecule has 1 fully saturated rings. The maximum Gasteiger partial charge on any atom is 0.246 e. The minimum Gasteiger partial charge on any atom is -0.508 e. The lowest BCUT2D eigenvalue weighted by Crippen LogP contribution is -2.61. The smallest absolute Gasteiger partial charge is 0.246 e. The van der Waals surface area contributed by atoms with E-state index in [0.29, 0.717) is 18.4 Å². The number of primary amides is 3. The molecule has 11 amide bonds. The molecular weight excluding hydrogens is 927 g/mol. The third-order valence-corrected chi connectivity index (χ3v) is 11.5. The molecule has 8 atom stereocenters. The van der Waals surface area contributed by atoms with Crippen molar-refractivity contribution in [1.29, 1.82) is 0 Å². The van der Waals surface area contributed by atoms with Crippen LogP contribution in [0.15, 0.2) is 24.3 Å². The summed E-state index contributed by atoms with van der Waals surface area (Å²) in [5, 5.41) is 27.3. The summed E-state index contributed by atoms with van der Waals surface area (Å²) in [6.07, 6.45) is -0.549. The van der Waals surface area contributed by atoms with Crippen molar-refractivity contribution in [2.24, 2.45) is 29.0 Å². The van der Waals surface area contributed by atoms with E-state index in [1.807, 2.05) is 13.8 Å². The van der Waals surface area contributed by atoms with Gasteiger partial charge < -0.3 is 64.4 Å². The number of amides is 11. The zero-order chi connectivity index (χ0) is 51.2. The van der Waals surface area contributed by atoms with Crippen LogP contribution in [0.1, 0.15) is 84.6 Å². The molecule has 1 aliphatic rings. The average molecular weight is 994 g/mol. The number of phenolic OH excluding ortho intramolecular Hbond substituents is 1. The Balaban J connectivity index is 2.33. The number of likely N-dealkylation sites (tertiary alicyclic amines) is 1. The Hall–Kier alpha value is -6.11. The highest BCUT2D eigenvalue weighted by Gasteiger charge is 2.40. The van der Waals surface area contributed by atoms with Gasteiger partial charge in [-0.25, -0.2) is 0 Å². The van der Waals surface area contributed by atoms with E-state index in [9.17, 15) is 57.8 Å². The number of phenols is 1. The first-order valence-electron chi connectivity index (χ1n) is 22.2. The van der Waals surface area contributed by atoms with Crippen LogP contribution in [0.5, 0.6) is 5.75 Å². The first-order valence-corrected chi connectivity index (χ1v) is 23.5. The van der Waals surface area contributed by atoms with E-state index in [2.05, 4.69) is 62.5 Å². The van der Waals surface area contributed by atoms with Gasteiger partial charge in [0.15, 0.2) is 0 Å². The molecule has 2 rings (SSSR count). The minimum absolute atomic E-state index is 0.0174. The van der Waals surface area contributed by atoms with Crippen molar-refractivity contribution < 1.29 is 57.8 Å². The van der Waals surface area contributed by atoms with Crippen LogP contribution in [0.25, 0.3) is 0 Å². The van der Waals surface area contributed by atoms with Crippen LogP contribution in [-0.2, 0) is 59.2 Å². The number of hydrogen-bond acceptors (Lipinski definition) is 14. The highest BCUT2D eigenvalue weighted by Crippen LogP contribution is 2.20. The van der Waals surface area contributed by atoms with Crippen LogP contribution in [-0.4, -0.2) is 142 Å². The van der Waals surface area contributed by atoms with E-state index in [0.717, 1.165) is 0 Å². The van der Waals surface area contributed by atoms with Crippen LogP contribution >= 0.6 is 25.3 Å². The summed E-state index contributed by atoms with van der Waals surface area (Å²) >= 11 is 8.31. The second-order valence-electron chi connectivity index (χ2n) is 16.9. The van der Waals surface area contributed by atoms with Gasteiger partial charge in [-0.05, 0) is 61.0 Å². The Morgan fingerprint density at radius 2 is 1.31 bits per heavy atom. The lowest BCUT2D eigenvalue weighted by molar-refractivity contribution is -0.142. The molecule has 1 aliphatic heterocycles. The second kappa shape index (κ2) is 28.9. The molecule has 23 nitrogen and oxygen atoms in total. The number of rotatable bonds is 29. The van der Waals surface area contributed by atoms with Crippen molar-refractivity contribution in [3.8, 4) is 5.75 Å². The Bertz CT molecular complexity index is 1980. The molecule has 378 valence electrons. The zero-order valence-corrected chi connectivity index (χ0v) is 40.5. The van der Waals surface area contributed by atoms with Crippen molar-refractivity contribution in [2.45, 2.75) is 128 Å². The van der Waals surface area contributed by atoms with Gasteiger partial charge in [-0.1, -0.05) is 46.2 Å². The molecule has 1 aromatic carbocycles. The molecule has 14 N–H and O–H groups in total. The molecule has 0 aliphatic carbocycles. The van der Waals surface area contributed by atoms with Crippen molar-refractivity contribution in [3.63, 3.8) is 0 Å². The van der Waals surface area contributed by atoms with Gasteiger partial charge in [0.25, 0.3) is 0 Å². The molecule has 1 heterocycles. The molecule has 0 unspecified atom stereocenters. The summed E-state index contributed by atoms with van der Waals surface area (Å²) in [7, 11) is 0. The maximum absolute atomic E-state index is 14.0. The van der Waals surface area contributed by atoms with Crippen LogP contribution in [0.2, 0.25) is 0 Å². The fraction of sp³-hybridized carbons (Fsp3) is 0.605. The van der Waals surface area contributed by atoms with Gasteiger partial charge in [-0.2, -0.15) is 25.3 Å². The molecule has 25 heteroatoms. The number of benzene rings is 1. The summed E-state index contributed by atoms with van der Waals surface area (Å²) in [6.45, 7) is 6.66. The third-order valence-electron chi connectivity index (χ3n) is 10.9. The number of nitrogens with two attached hydrogens (primary N) is 3. The maximum atomic E-state index is 14.0. The normalized spacial score (nSPS) is 16.3. The number of aromatic hydroxyl groups is 1. The fourth-order valence-corrected chi connectivity index (χ4v) is 7.58. The number of hydrogen-bond donors (Lipinski definition) is 13. The quantitative estimate of drug-likeness (QED) is 0.0356. The van der Waals surface area contributed by atoms with E-state index < -0.39 is 139 Å². The Kier molecular flexibility index (Phi) is 24.7. The molecule has 0 bridgehead atoms. The minimum atomic E-state index is -1.75. The first-order chi connectivity index (χ1) is 32.0. The van der Waals surface area contributed by atoms with E-state index in [1.54, 1.807) is 26.0 Å². The van der Waals surface area contributed by atoms with E-state index in [4.69, 9.17) is 17.2 Å². The van der Waals surface area contributed by atoms with Crippen LogP contribution in [0.4, 0.5) is 0 Å². The molecule has 0 radical (unpaired) electrons. The average Bonchev–Trinajstić information content (AvgIpc) is 3.77. The highest BCUT2D eigenvalue weighted by molar-refractivity contribution is 7.80. The topological polar surface area (TPSA) is 374 Å². The highest BCUT2D eigenvalue weighted by atomic mass is 32.1. The second-order valence-corrected chi connectivity index (χ2v) is 17.8.